The van der Waals surface area contributed by atoms with Crippen molar-refractivity contribution in [2.24, 2.45) is 5.41 Å². The van der Waals surface area contributed by atoms with Crippen LogP contribution in [0.25, 0.3) is 11.0 Å². The van der Waals surface area contributed by atoms with Gasteiger partial charge in [-0.25, -0.2) is 4.79 Å². The summed E-state index contributed by atoms with van der Waals surface area (Å²) in [7, 11) is 2.07. The maximum Gasteiger partial charge on any atom is 0.323 e. The van der Waals surface area contributed by atoms with Crippen LogP contribution in [-0.4, -0.2) is 40.2 Å². The zero-order valence-electron chi connectivity index (χ0n) is 11.1. The van der Waals surface area contributed by atoms with E-state index < -0.39 is 0 Å². The van der Waals surface area contributed by atoms with E-state index in [4.69, 9.17) is 0 Å². The van der Waals surface area contributed by atoms with Crippen LogP contribution in [0.2, 0.25) is 0 Å². The molecule has 0 bridgehead atoms. The summed E-state index contributed by atoms with van der Waals surface area (Å²) in [6.45, 7) is 2.03. The number of hydrogen-bond acceptors (Lipinski definition) is 3. The minimum absolute atomic E-state index is 0.140. The fourth-order valence-electron chi connectivity index (χ4n) is 2.66. The minimum atomic E-state index is -0.169. The first-order valence-corrected chi connectivity index (χ1v) is 6.61. The molecule has 1 aliphatic carbocycles. The normalized spacial score (nSPS) is 17.2. The molecule has 19 heavy (non-hydrogen) atoms. The third-order valence-electron chi connectivity index (χ3n) is 3.93. The molecule has 3 rings (SSSR count). The van der Waals surface area contributed by atoms with Crippen LogP contribution in [-0.2, 0) is 6.54 Å². The number of benzene rings is 1. The van der Waals surface area contributed by atoms with Crippen LogP contribution >= 0.6 is 0 Å². The molecule has 3 N–H and O–H groups in total. The van der Waals surface area contributed by atoms with Gasteiger partial charge in [-0.3, -0.25) is 0 Å². The zero-order valence-corrected chi connectivity index (χ0v) is 11.1. The van der Waals surface area contributed by atoms with Gasteiger partial charge in [-0.15, -0.1) is 0 Å². The van der Waals surface area contributed by atoms with Crippen molar-refractivity contribution in [1.82, 2.24) is 14.9 Å². The average Bonchev–Trinajstić information content (AvgIpc) is 3.03. The van der Waals surface area contributed by atoms with Crippen LogP contribution in [0.3, 0.4) is 0 Å². The lowest BCUT2D eigenvalue weighted by atomic mass is 10.1. The summed E-state index contributed by atoms with van der Waals surface area (Å²) in [6, 6.07) is 5.96. The van der Waals surface area contributed by atoms with Gasteiger partial charge < -0.3 is 20.0 Å². The molecular formula is C14H19N3O2. The molecule has 5 nitrogen and oxygen atoms in total. The Kier molecular flexibility index (Phi) is 2.95. The van der Waals surface area contributed by atoms with Crippen molar-refractivity contribution in [2.75, 3.05) is 20.2 Å². The molecule has 0 radical (unpaired) electrons. The minimum Gasteiger partial charge on any atom is -0.396 e. The zero-order chi connectivity index (χ0) is 13.5. The van der Waals surface area contributed by atoms with Gasteiger partial charge in [0.2, 0.25) is 0 Å². The SMILES string of the molecule is CN(Cc1ccc2[nH]c(=O)[nH]c2c1)CC1(CO)CC1. The van der Waals surface area contributed by atoms with Crippen molar-refractivity contribution in [3.05, 3.63) is 34.2 Å². The number of nitrogens with zero attached hydrogens (tertiary/aromatic N) is 1. The Balaban J connectivity index is 1.72. The number of H-pyrrole nitrogens is 2. The summed E-state index contributed by atoms with van der Waals surface area (Å²) in [6.07, 6.45) is 2.25. The van der Waals surface area contributed by atoms with E-state index in [9.17, 15) is 9.90 Å². The van der Waals surface area contributed by atoms with E-state index in [-0.39, 0.29) is 17.7 Å². The molecule has 1 aliphatic rings. The Bertz CT molecular complexity index is 639. The first-order chi connectivity index (χ1) is 9.10. The number of aliphatic hydroxyl groups excluding tert-OH is 1. The maximum atomic E-state index is 11.2. The van der Waals surface area contributed by atoms with Crippen molar-refractivity contribution in [3.8, 4) is 0 Å². The summed E-state index contributed by atoms with van der Waals surface area (Å²) >= 11 is 0. The van der Waals surface area contributed by atoms with Crippen LogP contribution in [0.15, 0.2) is 23.0 Å². The molecule has 0 unspecified atom stereocenters. The molecule has 1 aromatic carbocycles. The van der Waals surface area contributed by atoms with Crippen LogP contribution in [0, 0.1) is 5.41 Å². The standard InChI is InChI=1S/C14H19N3O2/c1-17(8-14(9-18)4-5-14)7-10-2-3-11-12(6-10)16-13(19)15-11/h2-3,6,18H,4-5,7-9H2,1H3,(H2,15,16,19). The molecule has 1 fully saturated rings. The van der Waals surface area contributed by atoms with Crippen LogP contribution < -0.4 is 5.69 Å². The predicted molar refractivity (Wildman–Crippen MR) is 74.0 cm³/mol. The number of fused-ring (bicyclic) bond motifs is 1. The van der Waals surface area contributed by atoms with Crippen LogP contribution in [0.4, 0.5) is 0 Å². The average molecular weight is 261 g/mol. The van der Waals surface area contributed by atoms with Crippen molar-refractivity contribution in [3.63, 3.8) is 0 Å². The Morgan fingerprint density at radius 1 is 1.32 bits per heavy atom. The molecular weight excluding hydrogens is 242 g/mol. The van der Waals surface area contributed by atoms with E-state index in [1.54, 1.807) is 0 Å². The number of aliphatic hydroxyl groups is 1. The Labute approximate surface area is 111 Å². The largest absolute Gasteiger partial charge is 0.396 e. The van der Waals surface area contributed by atoms with Crippen molar-refractivity contribution in [2.45, 2.75) is 19.4 Å². The Morgan fingerprint density at radius 2 is 2.05 bits per heavy atom. The molecule has 0 saturated heterocycles. The van der Waals surface area contributed by atoms with Gasteiger partial charge in [-0.1, -0.05) is 6.07 Å². The summed E-state index contributed by atoms with van der Waals surface area (Å²) in [4.78, 5) is 19.0. The van der Waals surface area contributed by atoms with Gasteiger partial charge in [0.05, 0.1) is 11.0 Å². The maximum absolute atomic E-state index is 11.2. The fourth-order valence-corrected chi connectivity index (χ4v) is 2.66. The molecule has 102 valence electrons. The highest BCUT2D eigenvalue weighted by Crippen LogP contribution is 2.45. The van der Waals surface area contributed by atoms with Gasteiger partial charge in [-0.2, -0.15) is 0 Å². The van der Waals surface area contributed by atoms with Gasteiger partial charge in [0.1, 0.15) is 0 Å². The molecule has 0 spiro atoms. The number of aromatic nitrogens is 2. The van der Waals surface area contributed by atoms with Crippen LogP contribution in [0.5, 0.6) is 0 Å². The van der Waals surface area contributed by atoms with E-state index >= 15 is 0 Å². The topological polar surface area (TPSA) is 72.1 Å². The molecule has 0 atom stereocenters. The second-order valence-corrected chi connectivity index (χ2v) is 5.79. The lowest BCUT2D eigenvalue weighted by Gasteiger charge is -2.22. The van der Waals surface area contributed by atoms with E-state index in [2.05, 4.69) is 21.9 Å². The first-order valence-electron chi connectivity index (χ1n) is 6.61. The second kappa shape index (κ2) is 4.51. The Morgan fingerprint density at radius 3 is 2.74 bits per heavy atom. The molecule has 1 saturated carbocycles. The first kappa shape index (κ1) is 12.4. The van der Waals surface area contributed by atoms with Gasteiger partial charge >= 0.3 is 5.69 Å². The number of hydrogen-bond donors (Lipinski definition) is 3. The summed E-state index contributed by atoms with van der Waals surface area (Å²) in [5.41, 5.74) is 2.82. The molecule has 2 aromatic rings. The summed E-state index contributed by atoms with van der Waals surface area (Å²) in [5, 5.41) is 9.35. The number of aromatic amines is 2. The van der Waals surface area contributed by atoms with Gasteiger partial charge in [0.15, 0.2) is 0 Å². The van der Waals surface area contributed by atoms with Gasteiger partial charge in [0.25, 0.3) is 0 Å². The third-order valence-corrected chi connectivity index (χ3v) is 3.93. The highest BCUT2D eigenvalue weighted by molar-refractivity contribution is 5.74. The molecule has 5 heteroatoms. The van der Waals surface area contributed by atoms with Crippen molar-refractivity contribution in [1.29, 1.82) is 0 Å². The number of rotatable bonds is 5. The Hall–Kier alpha value is -1.59. The summed E-state index contributed by atoms with van der Waals surface area (Å²) in [5.74, 6) is 0. The van der Waals surface area contributed by atoms with Crippen molar-refractivity contribution < 1.29 is 5.11 Å². The van der Waals surface area contributed by atoms with Gasteiger partial charge in [0, 0.05) is 25.1 Å². The predicted octanol–water partition coefficient (Wildman–Crippen LogP) is 1.06. The van der Waals surface area contributed by atoms with E-state index in [0.29, 0.717) is 0 Å². The highest BCUT2D eigenvalue weighted by atomic mass is 16.3. The molecule has 1 aromatic heterocycles. The number of nitrogens with one attached hydrogen (secondary N) is 2. The quantitative estimate of drug-likeness (QED) is 0.753. The number of imidazole rings is 1. The lowest BCUT2D eigenvalue weighted by molar-refractivity contribution is 0.161. The van der Waals surface area contributed by atoms with Gasteiger partial charge in [-0.05, 0) is 37.6 Å². The second-order valence-electron chi connectivity index (χ2n) is 5.79. The lowest BCUT2D eigenvalue weighted by Crippen LogP contribution is -2.28. The van der Waals surface area contributed by atoms with E-state index in [1.807, 2.05) is 18.2 Å². The summed E-state index contributed by atoms with van der Waals surface area (Å²) < 4.78 is 0. The molecule has 1 heterocycles. The van der Waals surface area contributed by atoms with Crippen molar-refractivity contribution >= 4 is 11.0 Å². The molecule has 0 aliphatic heterocycles. The molecule has 0 amide bonds. The monoisotopic (exact) mass is 261 g/mol. The van der Waals surface area contributed by atoms with E-state index in [1.165, 1.54) is 5.56 Å². The highest BCUT2D eigenvalue weighted by Gasteiger charge is 2.42. The van der Waals surface area contributed by atoms with Crippen LogP contribution in [0.1, 0.15) is 18.4 Å². The smallest absolute Gasteiger partial charge is 0.323 e. The van der Waals surface area contributed by atoms with E-state index in [0.717, 1.165) is 37.0 Å². The third kappa shape index (κ3) is 2.57. The fraction of sp³-hybridized carbons (Fsp3) is 0.500.